The quantitative estimate of drug-likeness (QED) is 0.496. The van der Waals surface area contributed by atoms with Crippen LogP contribution < -0.4 is 19.5 Å². The van der Waals surface area contributed by atoms with Gasteiger partial charge >= 0.3 is 0 Å². The van der Waals surface area contributed by atoms with E-state index in [1.807, 2.05) is 31.2 Å². The molecule has 0 bridgehead atoms. The number of likely N-dealkylation sites (tertiary alicyclic amines) is 2. The van der Waals surface area contributed by atoms with Gasteiger partial charge in [-0.05, 0) is 76.0 Å². The summed E-state index contributed by atoms with van der Waals surface area (Å²) in [5, 5.41) is 3.24. The SMILES string of the molecule is COc1ccc(CN2C[C@@H](COc3ccc(C)nc3)C[C@@H](C(=O)NCC[C@@H]3CCCN3C)C2)cc1OC. The molecule has 4 rings (SSSR count). The number of hydrogen-bond acceptors (Lipinski definition) is 7. The molecule has 0 spiro atoms. The minimum absolute atomic E-state index is 0.0695. The van der Waals surface area contributed by atoms with E-state index in [0.717, 1.165) is 68.3 Å². The number of aryl methyl sites for hydroxylation is 1. The number of carbonyl (C=O) groups excluding carboxylic acids is 1. The molecule has 0 radical (unpaired) electrons. The third kappa shape index (κ3) is 7.58. The lowest BCUT2D eigenvalue weighted by atomic mass is 9.88. The van der Waals surface area contributed by atoms with Gasteiger partial charge in [-0.1, -0.05) is 6.07 Å². The minimum Gasteiger partial charge on any atom is -0.493 e. The van der Waals surface area contributed by atoms with Gasteiger partial charge in [-0.25, -0.2) is 0 Å². The van der Waals surface area contributed by atoms with Crippen molar-refractivity contribution in [3.63, 3.8) is 0 Å². The lowest BCUT2D eigenvalue weighted by molar-refractivity contribution is -0.127. The van der Waals surface area contributed by atoms with Crippen molar-refractivity contribution in [1.29, 1.82) is 0 Å². The standard InChI is InChI=1S/C29H42N4O4/c1-21-7-9-26(16-31-21)37-20-23-14-24(29(34)30-12-11-25-6-5-13-32(25)2)19-33(18-23)17-22-8-10-27(35-3)28(15-22)36-4/h7-10,15-16,23-25H,5-6,11-14,17-20H2,1-4H3,(H,30,34)/t23-,24+,25-/m0/s1. The number of hydrogen-bond donors (Lipinski definition) is 1. The number of methoxy groups -OCH3 is 2. The molecule has 2 fully saturated rings. The van der Waals surface area contributed by atoms with Gasteiger partial charge in [-0.2, -0.15) is 0 Å². The average Bonchev–Trinajstić information content (AvgIpc) is 3.32. The van der Waals surface area contributed by atoms with E-state index in [4.69, 9.17) is 14.2 Å². The van der Waals surface area contributed by atoms with E-state index in [1.54, 1.807) is 20.4 Å². The van der Waals surface area contributed by atoms with Crippen molar-refractivity contribution in [2.75, 3.05) is 54.1 Å². The van der Waals surface area contributed by atoms with Crippen LogP contribution in [0.15, 0.2) is 36.5 Å². The van der Waals surface area contributed by atoms with Crippen molar-refractivity contribution in [2.45, 2.75) is 45.2 Å². The number of amides is 1. The van der Waals surface area contributed by atoms with Gasteiger partial charge in [0.15, 0.2) is 11.5 Å². The van der Waals surface area contributed by atoms with Gasteiger partial charge in [0.2, 0.25) is 5.91 Å². The van der Waals surface area contributed by atoms with E-state index in [-0.39, 0.29) is 17.7 Å². The summed E-state index contributed by atoms with van der Waals surface area (Å²) in [6.07, 6.45) is 6.07. The molecule has 8 heteroatoms. The maximum Gasteiger partial charge on any atom is 0.224 e. The molecule has 2 aromatic rings. The predicted molar refractivity (Wildman–Crippen MR) is 144 cm³/mol. The highest BCUT2D eigenvalue weighted by Gasteiger charge is 2.32. The molecule has 0 unspecified atom stereocenters. The molecule has 1 aromatic carbocycles. The summed E-state index contributed by atoms with van der Waals surface area (Å²) in [7, 11) is 5.48. The first-order valence-electron chi connectivity index (χ1n) is 13.4. The molecule has 2 aliphatic rings. The zero-order chi connectivity index (χ0) is 26.2. The maximum absolute atomic E-state index is 13.3. The third-order valence-corrected chi connectivity index (χ3v) is 7.66. The Morgan fingerprint density at radius 2 is 1.97 bits per heavy atom. The summed E-state index contributed by atoms with van der Waals surface area (Å²) in [4.78, 5) is 22.4. The average molecular weight is 511 g/mol. The minimum atomic E-state index is -0.0695. The van der Waals surface area contributed by atoms with Crippen molar-refractivity contribution in [3.8, 4) is 17.2 Å². The van der Waals surface area contributed by atoms with Crippen LogP contribution in [-0.4, -0.2) is 80.8 Å². The fraction of sp³-hybridized carbons (Fsp3) is 0.586. The van der Waals surface area contributed by atoms with Crippen molar-refractivity contribution >= 4 is 5.91 Å². The second kappa shape index (κ2) is 13.1. The van der Waals surface area contributed by atoms with Gasteiger partial charge < -0.3 is 24.4 Å². The summed E-state index contributed by atoms with van der Waals surface area (Å²) >= 11 is 0. The molecule has 37 heavy (non-hydrogen) atoms. The van der Waals surface area contributed by atoms with Gasteiger partial charge in [0.05, 0.1) is 32.9 Å². The number of nitrogens with one attached hydrogen (secondary N) is 1. The Labute approximate surface area is 221 Å². The Balaban J connectivity index is 1.39. The van der Waals surface area contributed by atoms with E-state index < -0.39 is 0 Å². The van der Waals surface area contributed by atoms with Gasteiger partial charge in [0.1, 0.15) is 5.75 Å². The molecule has 1 aromatic heterocycles. The van der Waals surface area contributed by atoms with Gasteiger partial charge in [-0.15, -0.1) is 0 Å². The van der Waals surface area contributed by atoms with Crippen LogP contribution in [0.3, 0.4) is 0 Å². The van der Waals surface area contributed by atoms with Gasteiger partial charge in [-0.3, -0.25) is 14.7 Å². The Kier molecular flexibility index (Phi) is 9.63. The molecule has 1 N–H and O–H groups in total. The molecule has 8 nitrogen and oxygen atoms in total. The van der Waals surface area contributed by atoms with E-state index in [0.29, 0.717) is 18.4 Å². The highest BCUT2D eigenvalue weighted by molar-refractivity contribution is 5.79. The first kappa shape index (κ1) is 27.2. The molecule has 1 amide bonds. The van der Waals surface area contributed by atoms with Crippen molar-refractivity contribution in [2.24, 2.45) is 11.8 Å². The van der Waals surface area contributed by atoms with Crippen molar-refractivity contribution in [3.05, 3.63) is 47.8 Å². The zero-order valence-corrected chi connectivity index (χ0v) is 22.7. The molecular formula is C29H42N4O4. The molecule has 3 heterocycles. The number of rotatable bonds is 11. The fourth-order valence-corrected chi connectivity index (χ4v) is 5.58. The summed E-state index contributed by atoms with van der Waals surface area (Å²) in [5.74, 6) is 2.53. The fourth-order valence-electron chi connectivity index (χ4n) is 5.58. The van der Waals surface area contributed by atoms with Crippen LogP contribution in [0.25, 0.3) is 0 Å². The number of nitrogens with zero attached hydrogens (tertiary/aromatic N) is 3. The lowest BCUT2D eigenvalue weighted by Crippen LogP contribution is -2.47. The third-order valence-electron chi connectivity index (χ3n) is 7.66. The molecule has 2 aliphatic heterocycles. The highest BCUT2D eigenvalue weighted by atomic mass is 16.5. The largest absolute Gasteiger partial charge is 0.493 e. The number of benzene rings is 1. The molecule has 202 valence electrons. The second-order valence-corrected chi connectivity index (χ2v) is 10.5. The normalized spacial score (nSPS) is 22.5. The first-order valence-corrected chi connectivity index (χ1v) is 13.4. The number of ether oxygens (including phenoxy) is 3. The van der Waals surface area contributed by atoms with Crippen LogP contribution in [-0.2, 0) is 11.3 Å². The number of piperidine rings is 1. The lowest BCUT2D eigenvalue weighted by Gasteiger charge is -2.37. The van der Waals surface area contributed by atoms with Crippen molar-refractivity contribution < 1.29 is 19.0 Å². The molecule has 3 atom stereocenters. The maximum atomic E-state index is 13.3. The summed E-state index contributed by atoms with van der Waals surface area (Å²) in [6, 6.07) is 10.5. The topological polar surface area (TPSA) is 76.2 Å². The van der Waals surface area contributed by atoms with E-state index in [9.17, 15) is 4.79 Å². The number of pyridine rings is 1. The molecule has 2 saturated heterocycles. The smallest absolute Gasteiger partial charge is 0.224 e. The van der Waals surface area contributed by atoms with Gasteiger partial charge in [0, 0.05) is 43.8 Å². The number of aromatic nitrogens is 1. The molecule has 0 saturated carbocycles. The Morgan fingerprint density at radius 3 is 2.68 bits per heavy atom. The van der Waals surface area contributed by atoms with E-state index in [2.05, 4.69) is 33.2 Å². The van der Waals surface area contributed by atoms with Crippen LogP contribution in [0.5, 0.6) is 17.2 Å². The monoisotopic (exact) mass is 510 g/mol. The first-order chi connectivity index (χ1) is 17.9. The Hall–Kier alpha value is -2.84. The van der Waals surface area contributed by atoms with Crippen LogP contribution in [0.4, 0.5) is 0 Å². The van der Waals surface area contributed by atoms with Crippen LogP contribution in [0, 0.1) is 18.8 Å². The van der Waals surface area contributed by atoms with Gasteiger partial charge in [0.25, 0.3) is 0 Å². The zero-order valence-electron chi connectivity index (χ0n) is 22.7. The predicted octanol–water partition coefficient (Wildman–Crippen LogP) is 3.52. The van der Waals surface area contributed by atoms with E-state index >= 15 is 0 Å². The molecular weight excluding hydrogens is 468 g/mol. The Bertz CT molecular complexity index is 1020. The van der Waals surface area contributed by atoms with Crippen molar-refractivity contribution in [1.82, 2.24) is 20.1 Å². The van der Waals surface area contributed by atoms with Crippen LogP contribution in [0.2, 0.25) is 0 Å². The second-order valence-electron chi connectivity index (χ2n) is 10.5. The summed E-state index contributed by atoms with van der Waals surface area (Å²) in [6.45, 7) is 6.74. The van der Waals surface area contributed by atoms with Crippen LogP contribution in [0.1, 0.15) is 36.9 Å². The Morgan fingerprint density at radius 1 is 1.14 bits per heavy atom. The van der Waals surface area contributed by atoms with Crippen LogP contribution >= 0.6 is 0 Å². The summed E-state index contributed by atoms with van der Waals surface area (Å²) < 4.78 is 17.0. The molecule has 0 aliphatic carbocycles. The summed E-state index contributed by atoms with van der Waals surface area (Å²) in [5.41, 5.74) is 2.09. The number of carbonyl (C=O) groups is 1. The van der Waals surface area contributed by atoms with E-state index in [1.165, 1.54) is 12.8 Å². The highest BCUT2D eigenvalue weighted by Crippen LogP contribution is 2.30.